The number of hydrogen-bond donors (Lipinski definition) is 1. The van der Waals surface area contributed by atoms with Gasteiger partial charge in [-0.25, -0.2) is 9.37 Å². The third-order valence-corrected chi connectivity index (χ3v) is 5.19. The highest BCUT2D eigenvalue weighted by atomic mass is 32.2. The van der Waals surface area contributed by atoms with Gasteiger partial charge in [0.25, 0.3) is 0 Å². The molecule has 0 radical (unpaired) electrons. The average molecular weight is 340 g/mol. The summed E-state index contributed by atoms with van der Waals surface area (Å²) in [5.41, 5.74) is 4.89. The molecule has 0 spiro atoms. The number of nitrogens with one attached hydrogen (secondary N) is 1. The molecule has 1 N–H and O–H groups in total. The Labute approximate surface area is 143 Å². The first-order chi connectivity index (χ1) is 11.8. The molecule has 1 aliphatic heterocycles. The quantitative estimate of drug-likeness (QED) is 0.737. The van der Waals surface area contributed by atoms with Crippen LogP contribution in [0.15, 0.2) is 42.6 Å². The van der Waals surface area contributed by atoms with Crippen molar-refractivity contribution in [2.24, 2.45) is 0 Å². The molecule has 0 saturated carbocycles. The lowest BCUT2D eigenvalue weighted by Gasteiger charge is -2.10. The van der Waals surface area contributed by atoms with Crippen LogP contribution in [0.2, 0.25) is 0 Å². The second kappa shape index (κ2) is 6.32. The fourth-order valence-corrected chi connectivity index (χ4v) is 3.95. The molecule has 3 aromatic rings. The van der Waals surface area contributed by atoms with Gasteiger partial charge in [0.2, 0.25) is 0 Å². The zero-order valence-electron chi connectivity index (χ0n) is 13.3. The van der Waals surface area contributed by atoms with Crippen molar-refractivity contribution in [1.29, 1.82) is 0 Å². The number of H-pyrrole nitrogens is 1. The molecular weight excluding hydrogens is 323 g/mol. The molecule has 5 heteroatoms. The number of methoxy groups -OCH3 is 1. The Bertz CT molecular complexity index is 932. The summed E-state index contributed by atoms with van der Waals surface area (Å²) in [7, 11) is 1.60. The molecule has 0 atom stereocenters. The second-order valence-corrected chi connectivity index (χ2v) is 6.85. The highest BCUT2D eigenvalue weighted by Gasteiger charge is 2.15. The lowest BCUT2D eigenvalue weighted by Crippen LogP contribution is -1.95. The van der Waals surface area contributed by atoms with Gasteiger partial charge in [-0.2, -0.15) is 11.8 Å². The molecule has 3 heterocycles. The highest BCUT2D eigenvalue weighted by molar-refractivity contribution is 7.99. The Kier molecular flexibility index (Phi) is 4.02. The van der Waals surface area contributed by atoms with Gasteiger partial charge in [0, 0.05) is 28.6 Å². The molecule has 0 amide bonds. The predicted molar refractivity (Wildman–Crippen MR) is 98.0 cm³/mol. The van der Waals surface area contributed by atoms with Crippen LogP contribution in [0.4, 0.5) is 4.39 Å². The van der Waals surface area contributed by atoms with Gasteiger partial charge in [-0.3, -0.25) is 0 Å². The summed E-state index contributed by atoms with van der Waals surface area (Å²) in [6, 6.07) is 8.60. The van der Waals surface area contributed by atoms with Crippen molar-refractivity contribution >= 4 is 28.4 Å². The first kappa shape index (κ1) is 15.3. The minimum absolute atomic E-state index is 0.279. The number of aromatic amines is 1. The third kappa shape index (κ3) is 2.69. The largest absolute Gasteiger partial charge is 0.496 e. The third-order valence-electron chi connectivity index (χ3n) is 4.29. The summed E-state index contributed by atoms with van der Waals surface area (Å²) in [6.45, 7) is 0. The van der Waals surface area contributed by atoms with Gasteiger partial charge < -0.3 is 9.72 Å². The maximum atomic E-state index is 13.8. The normalized spacial score (nSPS) is 14.7. The predicted octanol–water partition coefficient (Wildman–Crippen LogP) is 4.90. The van der Waals surface area contributed by atoms with Crippen LogP contribution in [0.25, 0.3) is 27.7 Å². The van der Waals surface area contributed by atoms with E-state index in [1.807, 2.05) is 17.8 Å². The maximum absolute atomic E-state index is 13.8. The van der Waals surface area contributed by atoms with Crippen LogP contribution in [0.5, 0.6) is 5.75 Å². The number of thioether (sulfide) groups is 1. The van der Waals surface area contributed by atoms with Crippen LogP contribution in [0.3, 0.4) is 0 Å². The summed E-state index contributed by atoms with van der Waals surface area (Å²) in [5.74, 6) is 2.56. The second-order valence-electron chi connectivity index (χ2n) is 5.70. The lowest BCUT2D eigenvalue weighted by molar-refractivity contribution is 0.415. The van der Waals surface area contributed by atoms with Crippen LogP contribution in [0.1, 0.15) is 12.1 Å². The Morgan fingerprint density at radius 3 is 2.92 bits per heavy atom. The first-order valence-corrected chi connectivity index (χ1v) is 9.00. The minimum atomic E-state index is -0.279. The molecule has 3 nitrogen and oxygen atoms in total. The number of fused-ring (bicyclic) bond motifs is 1. The van der Waals surface area contributed by atoms with E-state index in [0.717, 1.165) is 45.8 Å². The molecule has 0 fully saturated rings. The number of aromatic nitrogens is 2. The number of pyridine rings is 1. The van der Waals surface area contributed by atoms with E-state index in [4.69, 9.17) is 4.74 Å². The summed E-state index contributed by atoms with van der Waals surface area (Å²) in [5, 5.41) is 0.982. The number of ether oxygens (including phenoxy) is 1. The van der Waals surface area contributed by atoms with Crippen LogP contribution < -0.4 is 4.74 Å². The van der Waals surface area contributed by atoms with E-state index >= 15 is 0 Å². The Hall–Kier alpha value is -2.27. The first-order valence-electron chi connectivity index (χ1n) is 7.85. The van der Waals surface area contributed by atoms with Gasteiger partial charge in [-0.1, -0.05) is 6.08 Å². The van der Waals surface area contributed by atoms with Crippen molar-refractivity contribution in [3.8, 4) is 16.9 Å². The molecule has 0 saturated heterocycles. The highest BCUT2D eigenvalue weighted by Crippen LogP contribution is 2.36. The van der Waals surface area contributed by atoms with E-state index < -0.39 is 0 Å². The fourth-order valence-electron chi connectivity index (χ4n) is 3.10. The average Bonchev–Trinajstić information content (AvgIpc) is 3.06. The van der Waals surface area contributed by atoms with Gasteiger partial charge in [-0.15, -0.1) is 0 Å². The fraction of sp³-hybridized carbons (Fsp3) is 0.211. The number of benzene rings is 1. The number of nitrogens with zero attached hydrogens (tertiary/aromatic N) is 1. The number of allylic oxidation sites excluding steroid dienone is 1. The van der Waals surface area contributed by atoms with Gasteiger partial charge in [0.15, 0.2) is 0 Å². The maximum Gasteiger partial charge on any atom is 0.138 e. The summed E-state index contributed by atoms with van der Waals surface area (Å²) >= 11 is 1.94. The van der Waals surface area contributed by atoms with E-state index in [0.29, 0.717) is 5.75 Å². The smallest absolute Gasteiger partial charge is 0.138 e. The number of halogens is 1. The van der Waals surface area contributed by atoms with Crippen LogP contribution in [-0.2, 0) is 0 Å². The summed E-state index contributed by atoms with van der Waals surface area (Å²) in [6.07, 6.45) is 5.06. The van der Waals surface area contributed by atoms with Gasteiger partial charge in [0.05, 0.1) is 7.11 Å². The minimum Gasteiger partial charge on any atom is -0.496 e. The topological polar surface area (TPSA) is 37.9 Å². The lowest BCUT2D eigenvalue weighted by atomic mass is 10.0. The van der Waals surface area contributed by atoms with Crippen molar-refractivity contribution in [3.63, 3.8) is 0 Å². The van der Waals surface area contributed by atoms with Crippen LogP contribution >= 0.6 is 11.8 Å². The Morgan fingerprint density at radius 1 is 1.21 bits per heavy atom. The SMILES string of the molecule is COc1ccc(F)cc1-c1ccnc2[nH]c(C3=CCSCC3)cc12. The zero-order chi connectivity index (χ0) is 16.5. The Morgan fingerprint density at radius 2 is 2.12 bits per heavy atom. The Balaban J connectivity index is 1.89. The molecule has 0 aliphatic carbocycles. The molecular formula is C19H17FN2OS. The molecule has 4 rings (SSSR count). The monoisotopic (exact) mass is 340 g/mol. The van der Waals surface area contributed by atoms with Gasteiger partial charge in [-0.05, 0) is 53.6 Å². The zero-order valence-corrected chi connectivity index (χ0v) is 14.1. The van der Waals surface area contributed by atoms with E-state index in [1.54, 1.807) is 19.4 Å². The van der Waals surface area contributed by atoms with E-state index in [1.165, 1.54) is 17.7 Å². The van der Waals surface area contributed by atoms with E-state index in [2.05, 4.69) is 22.1 Å². The summed E-state index contributed by atoms with van der Waals surface area (Å²) in [4.78, 5) is 7.84. The van der Waals surface area contributed by atoms with E-state index in [-0.39, 0.29) is 5.82 Å². The van der Waals surface area contributed by atoms with Crippen molar-refractivity contribution in [2.75, 3.05) is 18.6 Å². The van der Waals surface area contributed by atoms with Crippen LogP contribution in [0, 0.1) is 5.82 Å². The molecule has 0 bridgehead atoms. The standard InChI is InChI=1S/C19H17FN2OS/c1-23-18-3-2-13(20)10-15(18)14-4-7-21-19-16(14)11-17(22-19)12-5-8-24-9-6-12/h2-5,7,10-11H,6,8-9H2,1H3,(H,21,22). The van der Waals surface area contributed by atoms with Gasteiger partial charge in [0.1, 0.15) is 17.2 Å². The number of hydrogen-bond acceptors (Lipinski definition) is 3. The molecule has 24 heavy (non-hydrogen) atoms. The molecule has 1 aliphatic rings. The molecule has 1 aromatic carbocycles. The molecule has 2 aromatic heterocycles. The molecule has 0 unspecified atom stereocenters. The van der Waals surface area contributed by atoms with Gasteiger partial charge >= 0.3 is 0 Å². The summed E-state index contributed by atoms with van der Waals surface area (Å²) < 4.78 is 19.2. The van der Waals surface area contributed by atoms with Crippen molar-refractivity contribution in [2.45, 2.75) is 6.42 Å². The van der Waals surface area contributed by atoms with Crippen LogP contribution in [-0.4, -0.2) is 28.6 Å². The molecule has 122 valence electrons. The van der Waals surface area contributed by atoms with Crippen molar-refractivity contribution in [1.82, 2.24) is 9.97 Å². The van der Waals surface area contributed by atoms with E-state index in [9.17, 15) is 4.39 Å². The number of rotatable bonds is 3. The van der Waals surface area contributed by atoms with Crippen molar-refractivity contribution in [3.05, 3.63) is 54.1 Å². The van der Waals surface area contributed by atoms with Crippen molar-refractivity contribution < 1.29 is 9.13 Å².